The first-order valence-corrected chi connectivity index (χ1v) is 8.87. The van der Waals surface area contributed by atoms with Gasteiger partial charge in [-0.2, -0.15) is 0 Å². The smallest absolute Gasteiger partial charge is 0.224 e. The Hall–Kier alpha value is -3.55. The number of rotatable bonds is 8. The number of nitrogens with one attached hydrogen (secondary N) is 3. The van der Waals surface area contributed by atoms with Crippen LogP contribution >= 0.6 is 0 Å². The van der Waals surface area contributed by atoms with Gasteiger partial charge >= 0.3 is 0 Å². The molecular weight excluding hydrogens is 359 g/mol. The second-order valence-electron chi connectivity index (χ2n) is 6.19. The fourth-order valence-corrected chi connectivity index (χ4v) is 2.44. The van der Waals surface area contributed by atoms with Crippen molar-refractivity contribution in [1.82, 2.24) is 20.5 Å². The molecule has 2 heterocycles. The van der Waals surface area contributed by atoms with Gasteiger partial charge in [0.25, 0.3) is 0 Å². The summed E-state index contributed by atoms with van der Waals surface area (Å²) in [6, 6.07) is 13.6. The van der Waals surface area contributed by atoms with Crippen LogP contribution in [0.3, 0.4) is 0 Å². The molecule has 28 heavy (non-hydrogen) atoms. The SMILES string of the molecule is Cc1ccc(Nc2ccc(NCCNC(=O)Cc3ccccc3F)nn2)nc1. The molecule has 0 saturated heterocycles. The number of hydrogen-bond acceptors (Lipinski definition) is 6. The van der Waals surface area contributed by atoms with Crippen LogP contribution in [0.2, 0.25) is 0 Å². The summed E-state index contributed by atoms with van der Waals surface area (Å²) >= 11 is 0. The van der Waals surface area contributed by atoms with E-state index in [9.17, 15) is 9.18 Å². The number of anilines is 3. The van der Waals surface area contributed by atoms with Crippen molar-refractivity contribution in [1.29, 1.82) is 0 Å². The molecular formula is C20H21FN6O. The largest absolute Gasteiger partial charge is 0.367 e. The predicted molar refractivity (Wildman–Crippen MR) is 106 cm³/mol. The third kappa shape index (κ3) is 5.73. The second-order valence-corrected chi connectivity index (χ2v) is 6.19. The molecule has 144 valence electrons. The maximum atomic E-state index is 13.5. The zero-order valence-corrected chi connectivity index (χ0v) is 15.4. The Morgan fingerprint density at radius 3 is 2.43 bits per heavy atom. The molecule has 0 spiro atoms. The van der Waals surface area contributed by atoms with Crippen LogP contribution in [0.5, 0.6) is 0 Å². The molecule has 3 aromatic rings. The highest BCUT2D eigenvalue weighted by Gasteiger charge is 2.07. The normalized spacial score (nSPS) is 10.4. The van der Waals surface area contributed by atoms with Gasteiger partial charge in [0.15, 0.2) is 5.82 Å². The number of aromatic nitrogens is 3. The zero-order valence-electron chi connectivity index (χ0n) is 15.4. The van der Waals surface area contributed by atoms with Crippen molar-refractivity contribution in [3.8, 4) is 0 Å². The van der Waals surface area contributed by atoms with Crippen LogP contribution in [0.4, 0.5) is 21.8 Å². The molecule has 0 aliphatic carbocycles. The van der Waals surface area contributed by atoms with Crippen molar-refractivity contribution in [2.75, 3.05) is 23.7 Å². The topological polar surface area (TPSA) is 91.8 Å². The summed E-state index contributed by atoms with van der Waals surface area (Å²) in [4.78, 5) is 16.1. The Kier molecular flexibility index (Phi) is 6.46. The average Bonchev–Trinajstić information content (AvgIpc) is 2.70. The molecule has 7 nitrogen and oxygen atoms in total. The number of nitrogens with zero attached hydrogens (tertiary/aromatic N) is 3. The highest BCUT2D eigenvalue weighted by atomic mass is 19.1. The van der Waals surface area contributed by atoms with Gasteiger partial charge in [0, 0.05) is 19.3 Å². The second kappa shape index (κ2) is 9.40. The van der Waals surface area contributed by atoms with Crippen LogP contribution in [0.1, 0.15) is 11.1 Å². The molecule has 0 fully saturated rings. The lowest BCUT2D eigenvalue weighted by Crippen LogP contribution is -2.30. The fraction of sp³-hybridized carbons (Fsp3) is 0.200. The number of halogens is 1. The van der Waals surface area contributed by atoms with E-state index in [1.54, 1.807) is 36.5 Å². The third-order valence-electron chi connectivity index (χ3n) is 3.89. The van der Waals surface area contributed by atoms with Crippen molar-refractivity contribution in [3.05, 3.63) is 71.7 Å². The number of aryl methyl sites for hydroxylation is 1. The van der Waals surface area contributed by atoms with Crippen molar-refractivity contribution >= 4 is 23.4 Å². The molecule has 3 rings (SSSR count). The molecule has 0 atom stereocenters. The Morgan fingerprint density at radius 1 is 0.964 bits per heavy atom. The minimum atomic E-state index is -0.374. The van der Waals surface area contributed by atoms with Gasteiger partial charge in [-0.05, 0) is 42.3 Å². The maximum Gasteiger partial charge on any atom is 0.224 e. The van der Waals surface area contributed by atoms with Crippen molar-refractivity contribution in [3.63, 3.8) is 0 Å². The zero-order chi connectivity index (χ0) is 19.8. The monoisotopic (exact) mass is 380 g/mol. The van der Waals surface area contributed by atoms with Gasteiger partial charge in [0.05, 0.1) is 6.42 Å². The summed E-state index contributed by atoms with van der Waals surface area (Å²) in [5.74, 6) is 1.26. The van der Waals surface area contributed by atoms with Crippen LogP contribution in [-0.2, 0) is 11.2 Å². The quantitative estimate of drug-likeness (QED) is 0.521. The summed E-state index contributed by atoms with van der Waals surface area (Å²) < 4.78 is 13.5. The maximum absolute atomic E-state index is 13.5. The van der Waals surface area contributed by atoms with Crippen molar-refractivity contribution in [2.24, 2.45) is 0 Å². The van der Waals surface area contributed by atoms with E-state index >= 15 is 0 Å². The minimum absolute atomic E-state index is 0.0138. The third-order valence-corrected chi connectivity index (χ3v) is 3.89. The Labute approximate surface area is 162 Å². The van der Waals surface area contributed by atoms with E-state index in [0.717, 1.165) is 5.56 Å². The van der Waals surface area contributed by atoms with Crippen LogP contribution in [0, 0.1) is 12.7 Å². The number of carbonyl (C=O) groups is 1. The molecule has 1 aromatic carbocycles. The number of carbonyl (C=O) groups excluding carboxylic acids is 1. The van der Waals surface area contributed by atoms with Crippen LogP contribution in [0.25, 0.3) is 0 Å². The summed E-state index contributed by atoms with van der Waals surface area (Å²) in [6.07, 6.45) is 1.78. The molecule has 1 amide bonds. The number of amides is 1. The lowest BCUT2D eigenvalue weighted by atomic mass is 10.1. The Morgan fingerprint density at radius 2 is 1.71 bits per heavy atom. The standard InChI is InChI=1S/C20H21FN6O/c1-14-6-7-17(24-13-14)25-19-9-8-18(26-27-19)22-10-11-23-20(28)12-15-4-2-3-5-16(15)21/h2-9,13H,10-12H2,1H3,(H,22,26)(H,23,28)(H,24,25,27). The molecule has 0 aliphatic rings. The first-order chi connectivity index (χ1) is 13.6. The van der Waals surface area contributed by atoms with Crippen molar-refractivity contribution in [2.45, 2.75) is 13.3 Å². The number of benzene rings is 1. The lowest BCUT2D eigenvalue weighted by Gasteiger charge is -2.08. The first-order valence-electron chi connectivity index (χ1n) is 8.87. The Balaban J connectivity index is 1.39. The molecule has 0 bridgehead atoms. The molecule has 0 aliphatic heterocycles. The van der Waals surface area contributed by atoms with E-state index in [-0.39, 0.29) is 18.1 Å². The summed E-state index contributed by atoms with van der Waals surface area (Å²) in [5.41, 5.74) is 1.46. The highest BCUT2D eigenvalue weighted by Crippen LogP contribution is 2.12. The van der Waals surface area contributed by atoms with Crippen LogP contribution in [0.15, 0.2) is 54.7 Å². The molecule has 3 N–H and O–H groups in total. The fourth-order valence-electron chi connectivity index (χ4n) is 2.44. The van der Waals surface area contributed by atoms with Gasteiger partial charge < -0.3 is 16.0 Å². The van der Waals surface area contributed by atoms with E-state index in [1.807, 2.05) is 19.1 Å². The van der Waals surface area contributed by atoms with E-state index in [2.05, 4.69) is 31.1 Å². The molecule has 8 heteroatoms. The number of pyridine rings is 1. The average molecular weight is 380 g/mol. The predicted octanol–water partition coefficient (Wildman–Crippen LogP) is 2.83. The van der Waals surface area contributed by atoms with Crippen molar-refractivity contribution < 1.29 is 9.18 Å². The van der Waals surface area contributed by atoms with Gasteiger partial charge in [-0.3, -0.25) is 4.79 Å². The van der Waals surface area contributed by atoms with Gasteiger partial charge in [-0.25, -0.2) is 9.37 Å². The summed E-state index contributed by atoms with van der Waals surface area (Å²) in [7, 11) is 0. The van der Waals surface area contributed by atoms with E-state index < -0.39 is 0 Å². The Bertz CT molecular complexity index is 915. The van der Waals surface area contributed by atoms with Gasteiger partial charge in [0.1, 0.15) is 17.5 Å². The number of hydrogen-bond donors (Lipinski definition) is 3. The van der Waals surface area contributed by atoms with E-state index in [1.165, 1.54) is 6.07 Å². The summed E-state index contributed by atoms with van der Waals surface area (Å²) in [5, 5.41) is 17.0. The lowest BCUT2D eigenvalue weighted by molar-refractivity contribution is -0.120. The van der Waals surface area contributed by atoms with E-state index in [4.69, 9.17) is 0 Å². The first kappa shape index (κ1) is 19.2. The highest BCUT2D eigenvalue weighted by molar-refractivity contribution is 5.78. The van der Waals surface area contributed by atoms with Crippen LogP contribution in [-0.4, -0.2) is 34.2 Å². The minimum Gasteiger partial charge on any atom is -0.367 e. The van der Waals surface area contributed by atoms with Gasteiger partial charge in [0.2, 0.25) is 5.91 Å². The molecule has 0 saturated carbocycles. The van der Waals surface area contributed by atoms with E-state index in [0.29, 0.717) is 36.1 Å². The molecule has 0 unspecified atom stereocenters. The molecule has 0 radical (unpaired) electrons. The van der Waals surface area contributed by atoms with Crippen LogP contribution < -0.4 is 16.0 Å². The van der Waals surface area contributed by atoms with Gasteiger partial charge in [-0.1, -0.05) is 24.3 Å². The molecule has 2 aromatic heterocycles. The summed E-state index contributed by atoms with van der Waals surface area (Å²) in [6.45, 7) is 2.84. The van der Waals surface area contributed by atoms with Gasteiger partial charge in [-0.15, -0.1) is 10.2 Å².